The van der Waals surface area contributed by atoms with Gasteiger partial charge < -0.3 is 9.64 Å². The molecule has 0 N–H and O–H groups in total. The number of benzene rings is 1. The summed E-state index contributed by atoms with van der Waals surface area (Å²) in [7, 11) is 1.82. The SMILES string of the molecule is C#CCN(C)C=Nc1cc(Br)c(OC(C)c2cc(F)cc(F)c2)nc1C. The Bertz CT molecular complexity index is 844. The minimum atomic E-state index is -0.653. The van der Waals surface area contributed by atoms with Crippen LogP contribution in [0.3, 0.4) is 0 Å². The number of aryl methyl sites for hydroxylation is 1. The predicted molar refractivity (Wildman–Crippen MR) is 102 cm³/mol. The number of rotatable bonds is 6. The van der Waals surface area contributed by atoms with Crippen molar-refractivity contribution >= 4 is 28.0 Å². The lowest BCUT2D eigenvalue weighted by Gasteiger charge is -2.16. The summed E-state index contributed by atoms with van der Waals surface area (Å²) in [5, 5.41) is 0. The van der Waals surface area contributed by atoms with E-state index in [9.17, 15) is 8.78 Å². The van der Waals surface area contributed by atoms with Crippen LogP contribution in [0.25, 0.3) is 0 Å². The highest BCUT2D eigenvalue weighted by atomic mass is 79.9. The molecule has 2 rings (SSSR count). The zero-order valence-corrected chi connectivity index (χ0v) is 16.2. The molecule has 0 bridgehead atoms. The third-order valence-electron chi connectivity index (χ3n) is 3.49. The fourth-order valence-electron chi connectivity index (χ4n) is 2.15. The van der Waals surface area contributed by atoms with E-state index in [4.69, 9.17) is 11.2 Å². The maximum atomic E-state index is 13.4. The summed E-state index contributed by atoms with van der Waals surface area (Å²) < 4.78 is 33.1. The molecule has 1 atom stereocenters. The van der Waals surface area contributed by atoms with Gasteiger partial charge in [0.05, 0.1) is 28.7 Å². The monoisotopic (exact) mass is 421 g/mol. The number of terminal acetylenes is 1. The van der Waals surface area contributed by atoms with Crippen LogP contribution in [0.1, 0.15) is 24.3 Å². The van der Waals surface area contributed by atoms with E-state index >= 15 is 0 Å². The Morgan fingerprint density at radius 1 is 1.35 bits per heavy atom. The maximum absolute atomic E-state index is 13.4. The van der Waals surface area contributed by atoms with Crippen LogP contribution in [0.2, 0.25) is 0 Å². The van der Waals surface area contributed by atoms with Crippen LogP contribution in [-0.2, 0) is 0 Å². The largest absolute Gasteiger partial charge is 0.469 e. The van der Waals surface area contributed by atoms with Crippen molar-refractivity contribution in [1.82, 2.24) is 9.88 Å². The fraction of sp³-hybridized carbons (Fsp3) is 0.263. The van der Waals surface area contributed by atoms with Gasteiger partial charge in [0.2, 0.25) is 5.88 Å². The molecule has 0 saturated carbocycles. The quantitative estimate of drug-likeness (QED) is 0.382. The summed E-state index contributed by atoms with van der Waals surface area (Å²) in [5.41, 5.74) is 1.68. The highest BCUT2D eigenvalue weighted by Gasteiger charge is 2.15. The van der Waals surface area contributed by atoms with Crippen molar-refractivity contribution in [3.05, 3.63) is 51.6 Å². The number of aromatic nitrogens is 1. The normalized spacial score (nSPS) is 12.0. The van der Waals surface area contributed by atoms with Crippen molar-refractivity contribution in [2.75, 3.05) is 13.6 Å². The van der Waals surface area contributed by atoms with E-state index in [2.05, 4.69) is 31.8 Å². The van der Waals surface area contributed by atoms with Crippen LogP contribution < -0.4 is 4.74 Å². The second-order valence-electron chi connectivity index (χ2n) is 5.71. The molecule has 0 saturated heterocycles. The molecule has 26 heavy (non-hydrogen) atoms. The number of halogens is 3. The molecule has 0 radical (unpaired) electrons. The van der Waals surface area contributed by atoms with Crippen molar-refractivity contribution in [3.63, 3.8) is 0 Å². The minimum Gasteiger partial charge on any atom is -0.469 e. The second-order valence-corrected chi connectivity index (χ2v) is 6.56. The van der Waals surface area contributed by atoms with E-state index in [1.807, 2.05) is 7.05 Å². The van der Waals surface area contributed by atoms with Crippen LogP contribution in [0.5, 0.6) is 5.88 Å². The molecule has 0 fully saturated rings. The van der Waals surface area contributed by atoms with Gasteiger partial charge in [-0.05, 0) is 53.5 Å². The Morgan fingerprint density at radius 3 is 2.62 bits per heavy atom. The first-order valence-corrected chi connectivity index (χ1v) is 8.57. The molecule has 0 amide bonds. The molecule has 0 spiro atoms. The number of pyridine rings is 1. The van der Waals surface area contributed by atoms with Gasteiger partial charge in [0.1, 0.15) is 17.7 Å². The smallest absolute Gasteiger partial charge is 0.228 e. The molecule has 7 heteroatoms. The number of nitrogens with zero attached hydrogens (tertiary/aromatic N) is 3. The molecule has 0 aliphatic rings. The van der Waals surface area contributed by atoms with Crippen LogP contribution in [-0.4, -0.2) is 29.8 Å². The van der Waals surface area contributed by atoms with E-state index in [1.54, 1.807) is 31.2 Å². The van der Waals surface area contributed by atoms with E-state index in [0.717, 1.165) is 6.07 Å². The maximum Gasteiger partial charge on any atom is 0.228 e. The number of ether oxygens (including phenoxy) is 1. The van der Waals surface area contributed by atoms with Crippen LogP contribution >= 0.6 is 15.9 Å². The highest BCUT2D eigenvalue weighted by Crippen LogP contribution is 2.32. The van der Waals surface area contributed by atoms with E-state index in [0.29, 0.717) is 33.8 Å². The molecule has 136 valence electrons. The van der Waals surface area contributed by atoms with E-state index in [-0.39, 0.29) is 0 Å². The van der Waals surface area contributed by atoms with Crippen molar-refractivity contribution in [3.8, 4) is 18.2 Å². The molecule has 4 nitrogen and oxygen atoms in total. The van der Waals surface area contributed by atoms with Crippen molar-refractivity contribution in [2.45, 2.75) is 20.0 Å². The number of hydrogen-bond donors (Lipinski definition) is 0. The van der Waals surface area contributed by atoms with Gasteiger partial charge in [-0.3, -0.25) is 0 Å². The summed E-state index contributed by atoms with van der Waals surface area (Å²) in [6.07, 6.45) is 6.28. The van der Waals surface area contributed by atoms with Gasteiger partial charge in [0.25, 0.3) is 0 Å². The van der Waals surface area contributed by atoms with E-state index < -0.39 is 17.7 Å². The third kappa shape index (κ3) is 5.27. The number of aliphatic imine (C=N–C) groups is 1. The van der Waals surface area contributed by atoms with Gasteiger partial charge in [-0.25, -0.2) is 18.8 Å². The molecular weight excluding hydrogens is 404 g/mol. The van der Waals surface area contributed by atoms with Crippen molar-refractivity contribution in [1.29, 1.82) is 0 Å². The lowest BCUT2D eigenvalue weighted by Crippen LogP contribution is -2.15. The second kappa shape index (κ2) is 8.77. The third-order valence-corrected chi connectivity index (χ3v) is 4.05. The van der Waals surface area contributed by atoms with Gasteiger partial charge in [-0.1, -0.05) is 5.92 Å². The zero-order chi connectivity index (χ0) is 19.3. The summed E-state index contributed by atoms with van der Waals surface area (Å²) in [6.45, 7) is 3.93. The molecule has 1 unspecified atom stereocenters. The van der Waals surface area contributed by atoms with Gasteiger partial charge in [0.15, 0.2) is 0 Å². The lowest BCUT2D eigenvalue weighted by molar-refractivity contribution is 0.214. The van der Waals surface area contributed by atoms with E-state index in [1.165, 1.54) is 12.1 Å². The Labute approximate surface area is 160 Å². The van der Waals surface area contributed by atoms with Crippen molar-refractivity contribution < 1.29 is 13.5 Å². The summed E-state index contributed by atoms with van der Waals surface area (Å²) in [5.74, 6) is 1.53. The van der Waals surface area contributed by atoms with Crippen LogP contribution in [0, 0.1) is 30.9 Å². The molecule has 1 aromatic carbocycles. The average Bonchev–Trinajstić information content (AvgIpc) is 2.56. The average molecular weight is 422 g/mol. The lowest BCUT2D eigenvalue weighted by atomic mass is 10.1. The van der Waals surface area contributed by atoms with Crippen molar-refractivity contribution in [2.24, 2.45) is 4.99 Å². The summed E-state index contributed by atoms with van der Waals surface area (Å²) in [6, 6.07) is 5.04. The summed E-state index contributed by atoms with van der Waals surface area (Å²) in [4.78, 5) is 10.5. The first-order valence-electron chi connectivity index (χ1n) is 7.78. The topological polar surface area (TPSA) is 37.7 Å². The Kier molecular flexibility index (Phi) is 6.70. The Balaban J connectivity index is 2.20. The predicted octanol–water partition coefficient (Wildman–Crippen LogP) is 4.80. The Hall–Kier alpha value is -2.46. The molecule has 0 aliphatic heterocycles. The molecular formula is C19H18BrF2N3O. The van der Waals surface area contributed by atoms with Gasteiger partial charge >= 0.3 is 0 Å². The van der Waals surface area contributed by atoms with Gasteiger partial charge in [-0.15, -0.1) is 6.42 Å². The molecule has 1 heterocycles. The van der Waals surface area contributed by atoms with Crippen LogP contribution in [0.4, 0.5) is 14.5 Å². The van der Waals surface area contributed by atoms with Gasteiger partial charge in [0, 0.05) is 13.1 Å². The first kappa shape index (κ1) is 19.9. The minimum absolute atomic E-state index is 0.315. The fourth-order valence-corrected chi connectivity index (χ4v) is 2.55. The standard InChI is InChI=1S/C19H18BrF2N3O/c1-5-6-25(4)11-23-18-10-17(20)19(24-12(18)2)26-13(3)14-7-15(21)9-16(22)8-14/h1,7-11,13H,6H2,2-4H3. The molecule has 0 aliphatic carbocycles. The molecule has 2 aromatic rings. The summed E-state index contributed by atoms with van der Waals surface area (Å²) >= 11 is 3.39. The van der Waals surface area contributed by atoms with Crippen LogP contribution in [0.15, 0.2) is 33.7 Å². The first-order chi connectivity index (χ1) is 12.3. The highest BCUT2D eigenvalue weighted by molar-refractivity contribution is 9.10. The number of hydrogen-bond acceptors (Lipinski definition) is 3. The van der Waals surface area contributed by atoms with Gasteiger partial charge in [-0.2, -0.15) is 0 Å². The Morgan fingerprint density at radius 2 is 2.00 bits per heavy atom. The zero-order valence-electron chi connectivity index (χ0n) is 14.6. The molecule has 1 aromatic heterocycles.